The van der Waals surface area contributed by atoms with Gasteiger partial charge in [0.15, 0.2) is 0 Å². The number of nitro groups is 2. The highest BCUT2D eigenvalue weighted by Crippen LogP contribution is 2.31. The molecule has 0 unspecified atom stereocenters. The minimum absolute atomic E-state index is 0.239. The molecule has 3 aromatic carbocycles. The van der Waals surface area contributed by atoms with Gasteiger partial charge in [0, 0.05) is 17.7 Å². The van der Waals surface area contributed by atoms with Crippen LogP contribution in [0.3, 0.4) is 0 Å². The van der Waals surface area contributed by atoms with Crippen molar-refractivity contribution in [2.24, 2.45) is 0 Å². The van der Waals surface area contributed by atoms with E-state index in [4.69, 9.17) is 4.74 Å². The molecule has 3 rings (SSSR count). The first kappa shape index (κ1) is 17.7. The lowest BCUT2D eigenvalue weighted by Gasteiger charge is -2.10. The van der Waals surface area contributed by atoms with Crippen molar-refractivity contribution in [2.45, 2.75) is 0 Å². The molecule has 0 aliphatic carbocycles. The maximum Gasteiger partial charge on any atom is 0.344 e. The van der Waals surface area contributed by atoms with Crippen molar-refractivity contribution >= 4 is 17.3 Å². The van der Waals surface area contributed by atoms with Crippen LogP contribution in [0.5, 0.6) is 5.75 Å². The minimum Gasteiger partial charge on any atom is -0.422 e. The normalized spacial score (nSPS) is 10.2. The molecular formula is C19H12N2O6. The van der Waals surface area contributed by atoms with Crippen molar-refractivity contribution in [2.75, 3.05) is 0 Å². The van der Waals surface area contributed by atoms with Crippen LogP contribution in [0.1, 0.15) is 10.4 Å². The number of rotatable bonds is 5. The molecule has 0 atom stereocenters. The van der Waals surface area contributed by atoms with Gasteiger partial charge in [0.25, 0.3) is 11.4 Å². The third kappa shape index (κ3) is 3.96. The Morgan fingerprint density at radius 1 is 0.778 bits per heavy atom. The summed E-state index contributed by atoms with van der Waals surface area (Å²) in [6, 6.07) is 18.6. The van der Waals surface area contributed by atoms with E-state index in [0.29, 0.717) is 5.56 Å². The third-order valence-corrected chi connectivity index (χ3v) is 3.73. The molecule has 8 nitrogen and oxygen atoms in total. The molecule has 0 amide bonds. The highest BCUT2D eigenvalue weighted by molar-refractivity contribution is 5.93. The van der Waals surface area contributed by atoms with Gasteiger partial charge in [-0.15, -0.1) is 0 Å². The standard InChI is InChI=1S/C19H12N2O6/c22-19(14-10-15(20(23)24)12-16(11-14)21(25)26)27-18-9-5-4-8-17(18)13-6-2-1-3-7-13/h1-12H. The Hall–Kier alpha value is -4.07. The summed E-state index contributed by atoms with van der Waals surface area (Å²) in [6.45, 7) is 0. The van der Waals surface area contributed by atoms with Gasteiger partial charge >= 0.3 is 5.97 Å². The maximum absolute atomic E-state index is 12.5. The van der Waals surface area contributed by atoms with Gasteiger partial charge in [-0.1, -0.05) is 48.5 Å². The zero-order valence-corrected chi connectivity index (χ0v) is 13.8. The zero-order chi connectivity index (χ0) is 19.4. The van der Waals surface area contributed by atoms with Gasteiger partial charge in [-0.2, -0.15) is 0 Å². The Bertz CT molecular complexity index is 1000. The van der Waals surface area contributed by atoms with Crippen molar-refractivity contribution in [3.8, 4) is 16.9 Å². The summed E-state index contributed by atoms with van der Waals surface area (Å²) < 4.78 is 5.37. The first-order chi connectivity index (χ1) is 13.0. The molecule has 3 aromatic rings. The fourth-order valence-corrected chi connectivity index (χ4v) is 2.49. The van der Waals surface area contributed by atoms with E-state index >= 15 is 0 Å². The molecular weight excluding hydrogens is 352 g/mol. The van der Waals surface area contributed by atoms with Crippen LogP contribution in [-0.4, -0.2) is 15.8 Å². The topological polar surface area (TPSA) is 113 Å². The molecule has 0 aliphatic rings. The summed E-state index contributed by atoms with van der Waals surface area (Å²) in [5.74, 6) is -0.687. The quantitative estimate of drug-likeness (QED) is 0.287. The van der Waals surface area contributed by atoms with Crippen LogP contribution in [0.2, 0.25) is 0 Å². The lowest BCUT2D eigenvalue weighted by Crippen LogP contribution is -2.10. The predicted molar refractivity (Wildman–Crippen MR) is 96.6 cm³/mol. The van der Waals surface area contributed by atoms with E-state index in [1.165, 1.54) is 0 Å². The van der Waals surface area contributed by atoms with E-state index in [0.717, 1.165) is 23.8 Å². The lowest BCUT2D eigenvalue weighted by atomic mass is 10.0. The summed E-state index contributed by atoms with van der Waals surface area (Å²) in [6.07, 6.45) is 0. The van der Waals surface area contributed by atoms with Crippen LogP contribution < -0.4 is 4.74 Å². The Kier molecular flexibility index (Phi) is 4.89. The molecule has 0 saturated heterocycles. The highest BCUT2D eigenvalue weighted by atomic mass is 16.6. The number of carbonyl (C=O) groups is 1. The first-order valence-corrected chi connectivity index (χ1v) is 7.76. The number of nitro benzene ring substituents is 2. The SMILES string of the molecule is O=C(Oc1ccccc1-c1ccccc1)c1cc([N+](=O)[O-])cc([N+](=O)[O-])c1. The van der Waals surface area contributed by atoms with Crippen LogP contribution in [-0.2, 0) is 0 Å². The molecule has 134 valence electrons. The Labute approximate surface area is 152 Å². The average molecular weight is 364 g/mol. The molecule has 0 N–H and O–H groups in total. The number of hydrogen-bond donors (Lipinski definition) is 0. The van der Waals surface area contributed by atoms with Gasteiger partial charge < -0.3 is 4.74 Å². The largest absolute Gasteiger partial charge is 0.422 e. The minimum atomic E-state index is -0.926. The number of para-hydroxylation sites is 1. The van der Waals surface area contributed by atoms with Crippen molar-refractivity contribution in [1.29, 1.82) is 0 Å². The zero-order valence-electron chi connectivity index (χ0n) is 13.8. The van der Waals surface area contributed by atoms with E-state index in [1.807, 2.05) is 30.3 Å². The predicted octanol–water partition coefficient (Wildman–Crippen LogP) is 4.39. The molecule has 0 bridgehead atoms. The van der Waals surface area contributed by atoms with E-state index < -0.39 is 27.2 Å². The summed E-state index contributed by atoms with van der Waals surface area (Å²) in [5, 5.41) is 22.0. The smallest absolute Gasteiger partial charge is 0.344 e. The number of non-ortho nitro benzene ring substituents is 2. The Morgan fingerprint density at radius 3 is 1.93 bits per heavy atom. The maximum atomic E-state index is 12.5. The van der Waals surface area contributed by atoms with E-state index in [-0.39, 0.29) is 11.3 Å². The number of benzene rings is 3. The van der Waals surface area contributed by atoms with Crippen molar-refractivity contribution in [3.05, 3.63) is 98.6 Å². The average Bonchev–Trinajstić information content (AvgIpc) is 2.68. The summed E-state index contributed by atoms with van der Waals surface area (Å²) >= 11 is 0. The lowest BCUT2D eigenvalue weighted by molar-refractivity contribution is -0.394. The van der Waals surface area contributed by atoms with E-state index in [2.05, 4.69) is 0 Å². The highest BCUT2D eigenvalue weighted by Gasteiger charge is 2.21. The van der Waals surface area contributed by atoms with Crippen molar-refractivity contribution < 1.29 is 19.4 Å². The second kappa shape index (κ2) is 7.44. The van der Waals surface area contributed by atoms with Gasteiger partial charge in [0.2, 0.25) is 0 Å². The molecule has 0 spiro atoms. The van der Waals surface area contributed by atoms with Crippen LogP contribution in [0.15, 0.2) is 72.8 Å². The molecule has 0 fully saturated rings. The number of nitrogens with zero attached hydrogens (tertiary/aromatic N) is 2. The summed E-state index contributed by atoms with van der Waals surface area (Å²) in [7, 11) is 0. The van der Waals surface area contributed by atoms with Crippen LogP contribution in [0.4, 0.5) is 11.4 Å². The first-order valence-electron chi connectivity index (χ1n) is 7.76. The number of hydrogen-bond acceptors (Lipinski definition) is 6. The fraction of sp³-hybridized carbons (Fsp3) is 0. The number of esters is 1. The summed E-state index contributed by atoms with van der Waals surface area (Å²) in [4.78, 5) is 32.8. The summed E-state index contributed by atoms with van der Waals surface area (Å²) in [5.41, 5.74) is 0.0519. The van der Waals surface area contributed by atoms with Crippen LogP contribution in [0.25, 0.3) is 11.1 Å². The fourth-order valence-electron chi connectivity index (χ4n) is 2.49. The van der Waals surface area contributed by atoms with Gasteiger partial charge in [0.05, 0.1) is 21.5 Å². The van der Waals surface area contributed by atoms with Gasteiger partial charge in [0.1, 0.15) is 5.75 Å². The van der Waals surface area contributed by atoms with Gasteiger partial charge in [-0.25, -0.2) is 4.79 Å². The van der Waals surface area contributed by atoms with E-state index in [1.54, 1.807) is 24.3 Å². The van der Waals surface area contributed by atoms with Crippen molar-refractivity contribution in [1.82, 2.24) is 0 Å². The second-order valence-electron chi connectivity index (χ2n) is 5.50. The number of carbonyl (C=O) groups excluding carboxylic acids is 1. The van der Waals surface area contributed by atoms with Crippen LogP contribution >= 0.6 is 0 Å². The van der Waals surface area contributed by atoms with Crippen molar-refractivity contribution in [3.63, 3.8) is 0 Å². The van der Waals surface area contributed by atoms with Crippen LogP contribution in [0, 0.1) is 20.2 Å². The molecule has 0 aromatic heterocycles. The van der Waals surface area contributed by atoms with E-state index in [9.17, 15) is 25.0 Å². The molecule has 0 saturated carbocycles. The van der Waals surface area contributed by atoms with Gasteiger partial charge in [-0.3, -0.25) is 20.2 Å². The monoisotopic (exact) mass is 364 g/mol. The number of ether oxygens (including phenoxy) is 1. The Morgan fingerprint density at radius 2 is 1.33 bits per heavy atom. The third-order valence-electron chi connectivity index (χ3n) is 3.73. The van der Waals surface area contributed by atoms with Gasteiger partial charge in [-0.05, 0) is 11.6 Å². The Balaban J connectivity index is 1.98. The molecule has 0 aliphatic heterocycles. The molecule has 27 heavy (non-hydrogen) atoms. The molecule has 8 heteroatoms. The molecule has 0 radical (unpaired) electrons. The second-order valence-corrected chi connectivity index (χ2v) is 5.50. The molecule has 0 heterocycles.